The first-order valence-corrected chi connectivity index (χ1v) is 10.1. The minimum absolute atomic E-state index is 0.0759. The van der Waals surface area contributed by atoms with Crippen LogP contribution in [0.1, 0.15) is 35.5 Å². The summed E-state index contributed by atoms with van der Waals surface area (Å²) in [6.07, 6.45) is 3.25. The van der Waals surface area contributed by atoms with Crippen LogP contribution in [0.4, 0.5) is 9.93 Å². The number of fused-ring (bicyclic) bond motifs is 1. The summed E-state index contributed by atoms with van der Waals surface area (Å²) >= 11 is 1.60. The van der Waals surface area contributed by atoms with Crippen LogP contribution in [0.25, 0.3) is 0 Å². The third-order valence-corrected chi connectivity index (χ3v) is 6.02. The van der Waals surface area contributed by atoms with Gasteiger partial charge >= 0.3 is 6.03 Å². The van der Waals surface area contributed by atoms with Gasteiger partial charge in [-0.3, -0.25) is 5.32 Å². The van der Waals surface area contributed by atoms with Crippen molar-refractivity contribution in [2.45, 2.75) is 32.2 Å². The third kappa shape index (κ3) is 4.99. The number of thiazole rings is 1. The first-order chi connectivity index (χ1) is 13.0. The van der Waals surface area contributed by atoms with Gasteiger partial charge in [0.05, 0.1) is 18.8 Å². The predicted molar refractivity (Wildman–Crippen MR) is 110 cm³/mol. The van der Waals surface area contributed by atoms with Crippen molar-refractivity contribution in [1.29, 1.82) is 0 Å². The van der Waals surface area contributed by atoms with Crippen LogP contribution in [0.3, 0.4) is 0 Å². The van der Waals surface area contributed by atoms with Crippen molar-refractivity contribution in [2.75, 3.05) is 33.1 Å². The number of rotatable bonds is 6. The lowest BCUT2D eigenvalue weighted by molar-refractivity contribution is 0.243. The van der Waals surface area contributed by atoms with Gasteiger partial charge in [0.25, 0.3) is 0 Å². The number of benzene rings is 1. The quantitative estimate of drug-likeness (QED) is 0.792. The van der Waals surface area contributed by atoms with Crippen LogP contribution < -0.4 is 15.4 Å². The Balaban J connectivity index is 1.58. The van der Waals surface area contributed by atoms with Crippen molar-refractivity contribution < 1.29 is 9.53 Å². The summed E-state index contributed by atoms with van der Waals surface area (Å²) in [6, 6.07) is 7.79. The minimum Gasteiger partial charge on any atom is -0.497 e. The van der Waals surface area contributed by atoms with E-state index in [-0.39, 0.29) is 12.1 Å². The number of hydrogen-bond donors (Lipinski definition) is 2. The Bertz CT molecular complexity index is 773. The van der Waals surface area contributed by atoms with Gasteiger partial charge in [-0.25, -0.2) is 9.78 Å². The van der Waals surface area contributed by atoms with Gasteiger partial charge in [0.1, 0.15) is 5.75 Å². The lowest BCUT2D eigenvalue weighted by atomic mass is 9.93. The van der Waals surface area contributed by atoms with Crippen molar-refractivity contribution in [1.82, 2.24) is 15.2 Å². The molecule has 1 aromatic heterocycles. The molecule has 1 aromatic carbocycles. The number of hydrogen-bond acceptors (Lipinski definition) is 5. The highest BCUT2D eigenvalue weighted by molar-refractivity contribution is 7.15. The van der Waals surface area contributed by atoms with Gasteiger partial charge in [0.15, 0.2) is 5.13 Å². The molecule has 2 amide bonds. The molecule has 0 fully saturated rings. The maximum atomic E-state index is 12.4. The van der Waals surface area contributed by atoms with Crippen LogP contribution in [0, 0.1) is 5.92 Å². The second kappa shape index (κ2) is 8.71. The Morgan fingerprint density at radius 1 is 1.37 bits per heavy atom. The molecule has 2 N–H and O–H groups in total. The van der Waals surface area contributed by atoms with Crippen LogP contribution in [-0.2, 0) is 12.8 Å². The molecule has 0 radical (unpaired) electrons. The van der Waals surface area contributed by atoms with E-state index in [1.165, 1.54) is 11.3 Å². The van der Waals surface area contributed by atoms with Crippen molar-refractivity contribution in [3.8, 4) is 5.75 Å². The number of anilines is 1. The lowest BCUT2D eigenvalue weighted by Gasteiger charge is -2.25. The number of likely N-dealkylation sites (N-methyl/N-ethyl adjacent to an activating group) is 1. The van der Waals surface area contributed by atoms with Gasteiger partial charge < -0.3 is 15.0 Å². The van der Waals surface area contributed by atoms with Crippen LogP contribution in [0.15, 0.2) is 24.3 Å². The van der Waals surface area contributed by atoms with Crippen molar-refractivity contribution >= 4 is 22.5 Å². The fraction of sp³-hybridized carbons (Fsp3) is 0.500. The van der Waals surface area contributed by atoms with Gasteiger partial charge in [-0.1, -0.05) is 19.1 Å². The molecule has 0 saturated heterocycles. The van der Waals surface area contributed by atoms with Gasteiger partial charge in [-0.2, -0.15) is 0 Å². The Morgan fingerprint density at radius 2 is 2.11 bits per heavy atom. The molecule has 0 unspecified atom stereocenters. The largest absolute Gasteiger partial charge is 0.497 e. The van der Waals surface area contributed by atoms with Gasteiger partial charge in [-0.05, 0) is 57.0 Å². The minimum atomic E-state index is -0.213. The standard InChI is InChI=1S/C20H28N4O2S/c1-13-5-10-16-18(11-13)27-20(22-16)23-19(25)21-12-17(24(2)3)14-6-8-15(26-4)9-7-14/h6-9,13,17H,5,10-12H2,1-4H3,(H2,21,22,23,25)/t13-,17-/m0/s1. The van der Waals surface area contributed by atoms with E-state index in [4.69, 9.17) is 4.74 Å². The first kappa shape index (κ1) is 19.6. The Kier molecular flexibility index (Phi) is 6.34. The molecule has 6 nitrogen and oxygen atoms in total. The molecule has 1 aliphatic carbocycles. The van der Waals surface area contributed by atoms with E-state index in [2.05, 4.69) is 27.4 Å². The second-order valence-electron chi connectivity index (χ2n) is 7.32. The topological polar surface area (TPSA) is 66.5 Å². The molecule has 1 heterocycles. The van der Waals surface area contributed by atoms with Crippen molar-refractivity contribution in [3.63, 3.8) is 0 Å². The normalized spacial score (nSPS) is 17.3. The average molecular weight is 389 g/mol. The highest BCUT2D eigenvalue weighted by atomic mass is 32.1. The number of amides is 2. The number of nitrogens with one attached hydrogen (secondary N) is 2. The first-order valence-electron chi connectivity index (χ1n) is 9.30. The van der Waals surface area contributed by atoms with Gasteiger partial charge in [0, 0.05) is 11.4 Å². The summed E-state index contributed by atoms with van der Waals surface area (Å²) in [5.74, 6) is 1.52. The van der Waals surface area contributed by atoms with Crippen LogP contribution in [0.2, 0.25) is 0 Å². The molecule has 27 heavy (non-hydrogen) atoms. The number of urea groups is 1. The van der Waals surface area contributed by atoms with E-state index in [1.54, 1.807) is 18.4 Å². The van der Waals surface area contributed by atoms with E-state index >= 15 is 0 Å². The predicted octanol–water partition coefficient (Wildman–Crippen LogP) is 3.70. The summed E-state index contributed by atoms with van der Waals surface area (Å²) < 4.78 is 5.22. The Hall–Kier alpha value is -2.12. The van der Waals surface area contributed by atoms with E-state index < -0.39 is 0 Å². The van der Waals surface area contributed by atoms with Crippen molar-refractivity contribution in [3.05, 3.63) is 40.4 Å². The molecule has 0 aliphatic heterocycles. The number of methoxy groups -OCH3 is 1. The molecule has 2 aromatic rings. The van der Waals surface area contributed by atoms with E-state index in [9.17, 15) is 4.79 Å². The summed E-state index contributed by atoms with van der Waals surface area (Å²) in [5.41, 5.74) is 2.28. The molecule has 0 bridgehead atoms. The number of carbonyl (C=O) groups is 1. The fourth-order valence-electron chi connectivity index (χ4n) is 3.35. The summed E-state index contributed by atoms with van der Waals surface area (Å²) in [4.78, 5) is 20.3. The van der Waals surface area contributed by atoms with Crippen LogP contribution in [-0.4, -0.2) is 43.7 Å². The van der Waals surface area contributed by atoms with Crippen LogP contribution >= 0.6 is 11.3 Å². The molecule has 1 aliphatic rings. The fourth-order valence-corrected chi connectivity index (χ4v) is 4.51. The highest BCUT2D eigenvalue weighted by Gasteiger charge is 2.21. The van der Waals surface area contributed by atoms with Gasteiger partial charge in [-0.15, -0.1) is 11.3 Å². The van der Waals surface area contributed by atoms with Crippen molar-refractivity contribution in [2.24, 2.45) is 5.92 Å². The average Bonchev–Trinajstić information content (AvgIpc) is 3.03. The maximum absolute atomic E-state index is 12.4. The zero-order valence-electron chi connectivity index (χ0n) is 16.4. The molecule has 7 heteroatoms. The Morgan fingerprint density at radius 3 is 2.78 bits per heavy atom. The number of nitrogens with zero attached hydrogens (tertiary/aromatic N) is 2. The summed E-state index contributed by atoms with van der Waals surface area (Å²) in [7, 11) is 5.66. The molecule has 2 atom stereocenters. The lowest BCUT2D eigenvalue weighted by Crippen LogP contribution is -2.36. The van der Waals surface area contributed by atoms with E-state index in [0.717, 1.165) is 29.8 Å². The Labute approximate surface area is 164 Å². The molecule has 0 spiro atoms. The summed E-state index contributed by atoms with van der Waals surface area (Å²) in [6.45, 7) is 2.77. The SMILES string of the molecule is COc1ccc([C@H](CNC(=O)Nc2nc3c(s2)C[C@@H](C)CC3)N(C)C)cc1. The zero-order chi connectivity index (χ0) is 19.4. The van der Waals surface area contributed by atoms with E-state index in [1.807, 2.05) is 38.4 Å². The zero-order valence-corrected chi connectivity index (χ0v) is 17.2. The molecular weight excluding hydrogens is 360 g/mol. The molecule has 146 valence electrons. The number of carbonyl (C=O) groups excluding carboxylic acids is 1. The number of aromatic nitrogens is 1. The molecule has 3 rings (SSSR count). The third-order valence-electron chi connectivity index (χ3n) is 4.99. The molecule has 0 saturated carbocycles. The van der Waals surface area contributed by atoms with Gasteiger partial charge in [0.2, 0.25) is 0 Å². The molecular formula is C20H28N4O2S. The second-order valence-corrected chi connectivity index (χ2v) is 8.41. The number of ether oxygens (including phenoxy) is 1. The smallest absolute Gasteiger partial charge is 0.321 e. The van der Waals surface area contributed by atoms with E-state index in [0.29, 0.717) is 17.6 Å². The van der Waals surface area contributed by atoms with Crippen LogP contribution in [0.5, 0.6) is 5.75 Å². The summed E-state index contributed by atoms with van der Waals surface area (Å²) in [5, 5.41) is 6.56. The monoisotopic (exact) mass is 388 g/mol. The highest BCUT2D eigenvalue weighted by Crippen LogP contribution is 2.32. The number of aryl methyl sites for hydroxylation is 1. The maximum Gasteiger partial charge on any atom is 0.321 e.